The molecule has 78 valence electrons. The summed E-state index contributed by atoms with van der Waals surface area (Å²) in [5.41, 5.74) is 0.761. The molecule has 1 aromatic rings. The molecule has 0 unspecified atom stereocenters. The van der Waals surface area contributed by atoms with E-state index in [0.29, 0.717) is 6.54 Å². The predicted molar refractivity (Wildman–Crippen MR) is 64.5 cm³/mol. The molecule has 0 aliphatic heterocycles. The van der Waals surface area contributed by atoms with Crippen molar-refractivity contribution in [2.45, 2.75) is 0 Å². The second kappa shape index (κ2) is 6.23. The van der Waals surface area contributed by atoms with Crippen molar-refractivity contribution in [2.24, 2.45) is 0 Å². The highest BCUT2D eigenvalue weighted by atomic mass is 79.9. The van der Waals surface area contributed by atoms with Crippen molar-refractivity contribution in [1.82, 2.24) is 5.32 Å². The minimum atomic E-state index is -0.108. The van der Waals surface area contributed by atoms with Gasteiger partial charge in [0.25, 0.3) is 0 Å². The first-order chi connectivity index (χ1) is 7.22. The van der Waals surface area contributed by atoms with Gasteiger partial charge in [-0.2, -0.15) is 0 Å². The van der Waals surface area contributed by atoms with Crippen LogP contribution in [0, 0.1) is 12.3 Å². The van der Waals surface area contributed by atoms with Gasteiger partial charge in [0, 0.05) is 10.2 Å². The molecule has 1 amide bonds. The molecular formula is C11H11BrN2O. The SMILES string of the molecule is C#CCNCC(=O)Nc1cccc(Br)c1. The molecule has 1 rings (SSSR count). The summed E-state index contributed by atoms with van der Waals surface area (Å²) in [5, 5.41) is 5.55. The van der Waals surface area contributed by atoms with E-state index in [1.165, 1.54) is 0 Å². The number of benzene rings is 1. The van der Waals surface area contributed by atoms with Gasteiger partial charge in [-0.25, -0.2) is 0 Å². The molecule has 0 radical (unpaired) electrons. The maximum atomic E-state index is 11.3. The molecule has 4 heteroatoms. The first-order valence-electron chi connectivity index (χ1n) is 4.42. The molecular weight excluding hydrogens is 256 g/mol. The van der Waals surface area contributed by atoms with E-state index in [9.17, 15) is 4.79 Å². The van der Waals surface area contributed by atoms with Crippen LogP contribution < -0.4 is 10.6 Å². The molecule has 0 bridgehead atoms. The third-order valence-electron chi connectivity index (χ3n) is 1.62. The summed E-state index contributed by atoms with van der Waals surface area (Å²) in [7, 11) is 0. The van der Waals surface area contributed by atoms with E-state index in [1.54, 1.807) is 0 Å². The Morgan fingerprint density at radius 2 is 2.33 bits per heavy atom. The molecule has 0 atom stereocenters. The number of carbonyl (C=O) groups is 1. The Morgan fingerprint density at radius 1 is 1.53 bits per heavy atom. The molecule has 0 spiro atoms. The lowest BCUT2D eigenvalue weighted by molar-refractivity contribution is -0.115. The van der Waals surface area contributed by atoms with Crippen LogP contribution in [0.1, 0.15) is 0 Å². The molecule has 0 saturated carbocycles. The number of terminal acetylenes is 1. The van der Waals surface area contributed by atoms with E-state index >= 15 is 0 Å². The summed E-state index contributed by atoms with van der Waals surface area (Å²) >= 11 is 3.32. The summed E-state index contributed by atoms with van der Waals surface area (Å²) in [6.45, 7) is 0.614. The minimum absolute atomic E-state index is 0.108. The lowest BCUT2D eigenvalue weighted by atomic mass is 10.3. The highest BCUT2D eigenvalue weighted by Gasteiger charge is 2.00. The van der Waals surface area contributed by atoms with Gasteiger partial charge in [-0.15, -0.1) is 6.42 Å². The first kappa shape index (κ1) is 11.8. The van der Waals surface area contributed by atoms with Crippen molar-refractivity contribution < 1.29 is 4.79 Å². The number of rotatable bonds is 4. The van der Waals surface area contributed by atoms with Crippen LogP contribution in [-0.4, -0.2) is 19.0 Å². The van der Waals surface area contributed by atoms with Gasteiger partial charge in [0.2, 0.25) is 5.91 Å². The zero-order chi connectivity index (χ0) is 11.1. The van der Waals surface area contributed by atoms with Gasteiger partial charge in [-0.3, -0.25) is 10.1 Å². The van der Waals surface area contributed by atoms with E-state index in [1.807, 2.05) is 24.3 Å². The molecule has 0 saturated heterocycles. The number of hydrogen-bond donors (Lipinski definition) is 2. The van der Waals surface area contributed by atoms with Crippen molar-refractivity contribution in [3.63, 3.8) is 0 Å². The summed E-state index contributed by atoms with van der Waals surface area (Å²) in [4.78, 5) is 11.3. The number of hydrogen-bond acceptors (Lipinski definition) is 2. The lowest BCUT2D eigenvalue weighted by Crippen LogP contribution is -2.28. The monoisotopic (exact) mass is 266 g/mol. The molecule has 0 aliphatic carbocycles. The van der Waals surface area contributed by atoms with Crippen LogP contribution in [0.4, 0.5) is 5.69 Å². The maximum Gasteiger partial charge on any atom is 0.238 e. The fourth-order valence-electron chi connectivity index (χ4n) is 1.02. The molecule has 0 aliphatic rings. The second-order valence-corrected chi connectivity index (χ2v) is 3.78. The molecule has 1 aromatic carbocycles. The highest BCUT2D eigenvalue weighted by molar-refractivity contribution is 9.10. The highest BCUT2D eigenvalue weighted by Crippen LogP contribution is 2.15. The van der Waals surface area contributed by atoms with Crippen molar-refractivity contribution in [3.8, 4) is 12.3 Å². The zero-order valence-corrected chi connectivity index (χ0v) is 9.67. The Morgan fingerprint density at radius 3 is 3.00 bits per heavy atom. The van der Waals surface area contributed by atoms with Crippen molar-refractivity contribution >= 4 is 27.5 Å². The topological polar surface area (TPSA) is 41.1 Å². The first-order valence-corrected chi connectivity index (χ1v) is 5.21. The van der Waals surface area contributed by atoms with Crippen LogP contribution in [-0.2, 0) is 4.79 Å². The van der Waals surface area contributed by atoms with Gasteiger partial charge >= 0.3 is 0 Å². The molecule has 2 N–H and O–H groups in total. The van der Waals surface area contributed by atoms with E-state index < -0.39 is 0 Å². The average molecular weight is 267 g/mol. The van der Waals surface area contributed by atoms with Gasteiger partial charge in [0.15, 0.2) is 0 Å². The van der Waals surface area contributed by atoms with Crippen LogP contribution in [0.25, 0.3) is 0 Å². The fraction of sp³-hybridized carbons (Fsp3) is 0.182. The third kappa shape index (κ3) is 4.63. The Balaban J connectivity index is 2.42. The Labute approximate surface area is 97.4 Å². The lowest BCUT2D eigenvalue weighted by Gasteiger charge is -2.05. The quantitative estimate of drug-likeness (QED) is 0.642. The maximum absolute atomic E-state index is 11.3. The second-order valence-electron chi connectivity index (χ2n) is 2.87. The number of amides is 1. The Kier molecular flexibility index (Phi) is 4.88. The molecule has 3 nitrogen and oxygen atoms in total. The number of carbonyl (C=O) groups excluding carboxylic acids is 1. The Bertz CT molecular complexity index is 384. The van der Waals surface area contributed by atoms with E-state index in [-0.39, 0.29) is 12.5 Å². The predicted octanol–water partition coefficient (Wildman–Crippen LogP) is 1.61. The van der Waals surface area contributed by atoms with E-state index in [0.717, 1.165) is 10.2 Å². The van der Waals surface area contributed by atoms with Gasteiger partial charge in [-0.05, 0) is 18.2 Å². The van der Waals surface area contributed by atoms with Crippen molar-refractivity contribution in [2.75, 3.05) is 18.4 Å². The van der Waals surface area contributed by atoms with E-state index in [4.69, 9.17) is 6.42 Å². The summed E-state index contributed by atoms with van der Waals surface area (Å²) in [6.07, 6.45) is 5.04. The molecule has 0 fully saturated rings. The third-order valence-corrected chi connectivity index (χ3v) is 2.11. The summed E-state index contributed by atoms with van der Waals surface area (Å²) in [6, 6.07) is 7.41. The fourth-order valence-corrected chi connectivity index (χ4v) is 1.42. The smallest absolute Gasteiger partial charge is 0.238 e. The number of halogens is 1. The number of anilines is 1. The van der Waals surface area contributed by atoms with Crippen LogP contribution >= 0.6 is 15.9 Å². The molecule has 0 aromatic heterocycles. The van der Waals surface area contributed by atoms with Gasteiger partial charge < -0.3 is 5.32 Å². The largest absolute Gasteiger partial charge is 0.325 e. The minimum Gasteiger partial charge on any atom is -0.325 e. The summed E-state index contributed by atoms with van der Waals surface area (Å²) < 4.78 is 0.928. The number of nitrogens with one attached hydrogen (secondary N) is 2. The van der Waals surface area contributed by atoms with Crippen molar-refractivity contribution in [3.05, 3.63) is 28.7 Å². The zero-order valence-electron chi connectivity index (χ0n) is 8.09. The van der Waals surface area contributed by atoms with Gasteiger partial charge in [-0.1, -0.05) is 27.9 Å². The van der Waals surface area contributed by atoms with Crippen LogP contribution in [0.5, 0.6) is 0 Å². The standard InChI is InChI=1S/C11H11BrN2O/c1-2-6-13-8-11(15)14-10-5-3-4-9(12)7-10/h1,3-5,7,13H,6,8H2,(H,14,15). The normalized spacial score (nSPS) is 9.33. The summed E-state index contributed by atoms with van der Waals surface area (Å²) in [5.74, 6) is 2.29. The van der Waals surface area contributed by atoms with Gasteiger partial charge in [0.05, 0.1) is 13.1 Å². The Hall–Kier alpha value is -1.31. The average Bonchev–Trinajstić information content (AvgIpc) is 2.18. The van der Waals surface area contributed by atoms with Crippen molar-refractivity contribution in [1.29, 1.82) is 0 Å². The van der Waals surface area contributed by atoms with Gasteiger partial charge in [0.1, 0.15) is 0 Å². The van der Waals surface area contributed by atoms with Crippen LogP contribution in [0.15, 0.2) is 28.7 Å². The van der Waals surface area contributed by atoms with E-state index in [2.05, 4.69) is 32.5 Å². The van der Waals surface area contributed by atoms with Crippen LogP contribution in [0.3, 0.4) is 0 Å². The van der Waals surface area contributed by atoms with Crippen LogP contribution in [0.2, 0.25) is 0 Å². The molecule has 15 heavy (non-hydrogen) atoms. The molecule has 0 heterocycles.